The minimum absolute atomic E-state index is 0.876. The van der Waals surface area contributed by atoms with Crippen LogP contribution in [0.1, 0.15) is 16.3 Å². The standard InChI is InChI=1S/C19H22BrN5S/c1-14-19(15(2)25(22-14)18-5-3-4-6-21-18)24-9-7-23(8-10-24)12-17-11-16(20)13-26-17/h3-6,11,13H,7-10,12H2,1-2H3. The summed E-state index contributed by atoms with van der Waals surface area (Å²) in [7, 11) is 0. The highest BCUT2D eigenvalue weighted by Gasteiger charge is 2.23. The van der Waals surface area contributed by atoms with Gasteiger partial charge in [0.05, 0.1) is 17.1 Å². The van der Waals surface area contributed by atoms with Crippen molar-refractivity contribution in [2.45, 2.75) is 20.4 Å². The molecular formula is C19H22BrN5S. The summed E-state index contributed by atoms with van der Waals surface area (Å²) in [5.41, 5.74) is 3.50. The van der Waals surface area contributed by atoms with Crippen LogP contribution in [-0.4, -0.2) is 45.8 Å². The van der Waals surface area contributed by atoms with Gasteiger partial charge in [-0.1, -0.05) is 6.07 Å². The van der Waals surface area contributed by atoms with Gasteiger partial charge in [-0.25, -0.2) is 9.67 Å². The largest absolute Gasteiger partial charge is 0.366 e. The third-order valence-corrected chi connectivity index (χ3v) is 6.49. The van der Waals surface area contributed by atoms with E-state index in [0.29, 0.717) is 0 Å². The van der Waals surface area contributed by atoms with Crippen LogP contribution in [0.3, 0.4) is 0 Å². The van der Waals surface area contributed by atoms with E-state index in [4.69, 9.17) is 5.10 Å². The van der Waals surface area contributed by atoms with Crippen LogP contribution in [0, 0.1) is 13.8 Å². The van der Waals surface area contributed by atoms with Gasteiger partial charge in [0.1, 0.15) is 0 Å². The molecule has 0 spiro atoms. The second-order valence-electron chi connectivity index (χ2n) is 6.61. The molecule has 0 bridgehead atoms. The molecule has 26 heavy (non-hydrogen) atoms. The normalized spacial score (nSPS) is 15.6. The molecule has 0 saturated carbocycles. The lowest BCUT2D eigenvalue weighted by Crippen LogP contribution is -2.46. The molecule has 5 nitrogen and oxygen atoms in total. The number of nitrogens with zero attached hydrogens (tertiary/aromatic N) is 5. The molecule has 0 radical (unpaired) electrons. The van der Waals surface area contributed by atoms with Crippen molar-refractivity contribution in [3.8, 4) is 5.82 Å². The fourth-order valence-corrected chi connectivity index (χ4v) is 5.07. The molecule has 0 aromatic carbocycles. The third kappa shape index (κ3) is 3.56. The lowest BCUT2D eigenvalue weighted by atomic mass is 10.2. The third-order valence-electron chi connectivity index (χ3n) is 4.81. The van der Waals surface area contributed by atoms with Crippen molar-refractivity contribution in [3.63, 3.8) is 0 Å². The van der Waals surface area contributed by atoms with Gasteiger partial charge in [-0.15, -0.1) is 11.3 Å². The number of hydrogen-bond donors (Lipinski definition) is 0. The summed E-state index contributed by atoms with van der Waals surface area (Å²) in [5.74, 6) is 0.876. The van der Waals surface area contributed by atoms with Gasteiger partial charge in [0.25, 0.3) is 0 Å². The Morgan fingerprint density at radius 3 is 2.62 bits per heavy atom. The van der Waals surface area contributed by atoms with Crippen LogP contribution in [0.15, 0.2) is 40.3 Å². The summed E-state index contributed by atoms with van der Waals surface area (Å²) in [5, 5.41) is 6.90. The molecule has 3 aromatic heterocycles. The van der Waals surface area contributed by atoms with Crippen LogP contribution < -0.4 is 4.90 Å². The fraction of sp³-hybridized carbons (Fsp3) is 0.368. The first-order valence-electron chi connectivity index (χ1n) is 8.79. The van der Waals surface area contributed by atoms with Crippen LogP contribution in [-0.2, 0) is 6.54 Å². The minimum Gasteiger partial charge on any atom is -0.366 e. The van der Waals surface area contributed by atoms with Gasteiger partial charge >= 0.3 is 0 Å². The van der Waals surface area contributed by atoms with Crippen LogP contribution in [0.5, 0.6) is 0 Å². The lowest BCUT2D eigenvalue weighted by Gasteiger charge is -2.36. The molecule has 4 heterocycles. The Hall–Kier alpha value is -1.70. The highest BCUT2D eigenvalue weighted by atomic mass is 79.9. The van der Waals surface area contributed by atoms with Crippen LogP contribution in [0.4, 0.5) is 5.69 Å². The summed E-state index contributed by atoms with van der Waals surface area (Å²) in [4.78, 5) is 10.9. The predicted octanol–water partition coefficient (Wildman–Crippen LogP) is 4.03. The van der Waals surface area contributed by atoms with Crippen molar-refractivity contribution >= 4 is 33.0 Å². The number of anilines is 1. The lowest BCUT2D eigenvalue weighted by molar-refractivity contribution is 0.252. The van der Waals surface area contributed by atoms with Crippen molar-refractivity contribution in [1.29, 1.82) is 0 Å². The van der Waals surface area contributed by atoms with Crippen molar-refractivity contribution < 1.29 is 0 Å². The van der Waals surface area contributed by atoms with E-state index in [-0.39, 0.29) is 0 Å². The molecule has 136 valence electrons. The number of rotatable bonds is 4. The topological polar surface area (TPSA) is 37.2 Å². The molecule has 3 aromatic rings. The Labute approximate surface area is 166 Å². The van der Waals surface area contributed by atoms with Gasteiger partial charge < -0.3 is 4.90 Å². The molecule has 7 heteroatoms. The maximum Gasteiger partial charge on any atom is 0.153 e. The molecule has 0 unspecified atom stereocenters. The number of aryl methyl sites for hydroxylation is 1. The number of piperazine rings is 1. The van der Waals surface area contributed by atoms with E-state index in [1.165, 1.54) is 15.0 Å². The second-order valence-corrected chi connectivity index (χ2v) is 8.53. The smallest absolute Gasteiger partial charge is 0.153 e. The van der Waals surface area contributed by atoms with Gasteiger partial charge in [0, 0.05) is 53.7 Å². The van der Waals surface area contributed by atoms with Gasteiger partial charge in [0.15, 0.2) is 5.82 Å². The monoisotopic (exact) mass is 431 g/mol. The van der Waals surface area contributed by atoms with E-state index in [0.717, 1.165) is 49.9 Å². The number of pyridine rings is 1. The Kier molecular flexibility index (Phi) is 5.11. The molecule has 4 rings (SSSR count). The average Bonchev–Trinajstić information content (AvgIpc) is 3.19. The Morgan fingerprint density at radius 2 is 1.96 bits per heavy atom. The Balaban J connectivity index is 1.47. The molecule has 0 N–H and O–H groups in total. The van der Waals surface area contributed by atoms with E-state index in [1.54, 1.807) is 0 Å². The van der Waals surface area contributed by atoms with Crippen molar-refractivity contribution in [2.24, 2.45) is 0 Å². The number of halogens is 1. The summed E-state index contributed by atoms with van der Waals surface area (Å²) < 4.78 is 3.14. The van der Waals surface area contributed by atoms with Crippen LogP contribution in [0.25, 0.3) is 5.82 Å². The Morgan fingerprint density at radius 1 is 1.15 bits per heavy atom. The average molecular weight is 432 g/mol. The van der Waals surface area contributed by atoms with E-state index < -0.39 is 0 Å². The number of thiophene rings is 1. The predicted molar refractivity (Wildman–Crippen MR) is 110 cm³/mol. The van der Waals surface area contributed by atoms with E-state index in [2.05, 4.69) is 56.0 Å². The quantitative estimate of drug-likeness (QED) is 0.624. The molecule has 1 fully saturated rings. The molecular weight excluding hydrogens is 410 g/mol. The number of aromatic nitrogens is 3. The molecule has 1 aliphatic heterocycles. The van der Waals surface area contributed by atoms with Crippen LogP contribution >= 0.6 is 27.3 Å². The van der Waals surface area contributed by atoms with Crippen LogP contribution in [0.2, 0.25) is 0 Å². The van der Waals surface area contributed by atoms with Gasteiger partial charge in [-0.3, -0.25) is 4.90 Å². The zero-order chi connectivity index (χ0) is 18.1. The minimum atomic E-state index is 0.876. The van der Waals surface area contributed by atoms with Crippen molar-refractivity contribution in [1.82, 2.24) is 19.7 Å². The van der Waals surface area contributed by atoms with E-state index in [1.807, 2.05) is 40.4 Å². The molecule has 1 saturated heterocycles. The first kappa shape index (κ1) is 17.7. The van der Waals surface area contributed by atoms with E-state index in [9.17, 15) is 0 Å². The van der Waals surface area contributed by atoms with Gasteiger partial charge in [-0.05, 0) is 48.0 Å². The number of hydrogen-bond acceptors (Lipinski definition) is 5. The molecule has 0 aliphatic carbocycles. The highest BCUT2D eigenvalue weighted by Crippen LogP contribution is 2.28. The second kappa shape index (κ2) is 7.50. The highest BCUT2D eigenvalue weighted by molar-refractivity contribution is 9.10. The maximum atomic E-state index is 4.74. The molecule has 0 amide bonds. The molecule has 1 aliphatic rings. The fourth-order valence-electron chi connectivity index (χ4n) is 3.58. The zero-order valence-corrected chi connectivity index (χ0v) is 17.4. The van der Waals surface area contributed by atoms with E-state index >= 15 is 0 Å². The van der Waals surface area contributed by atoms with Gasteiger partial charge in [0.2, 0.25) is 0 Å². The first-order valence-corrected chi connectivity index (χ1v) is 10.5. The van der Waals surface area contributed by atoms with Crippen molar-refractivity contribution in [3.05, 3.63) is 56.6 Å². The summed E-state index contributed by atoms with van der Waals surface area (Å²) in [6.45, 7) is 9.47. The van der Waals surface area contributed by atoms with Crippen molar-refractivity contribution in [2.75, 3.05) is 31.1 Å². The first-order chi connectivity index (χ1) is 12.6. The zero-order valence-electron chi connectivity index (χ0n) is 15.0. The summed E-state index contributed by atoms with van der Waals surface area (Å²) >= 11 is 5.37. The maximum absolute atomic E-state index is 4.74. The van der Waals surface area contributed by atoms with Gasteiger partial charge in [-0.2, -0.15) is 5.10 Å². The SMILES string of the molecule is Cc1nn(-c2ccccn2)c(C)c1N1CCN(Cc2cc(Br)cs2)CC1. The summed E-state index contributed by atoms with van der Waals surface area (Å²) in [6.07, 6.45) is 1.81. The Bertz CT molecular complexity index is 881. The summed E-state index contributed by atoms with van der Waals surface area (Å²) in [6, 6.07) is 8.16. The molecule has 0 atom stereocenters.